The number of rotatable bonds is 4. The lowest BCUT2D eigenvalue weighted by molar-refractivity contribution is -0.141. The molecule has 1 aromatic rings. The van der Waals surface area contributed by atoms with Gasteiger partial charge in [0.15, 0.2) is 0 Å². The van der Waals surface area contributed by atoms with E-state index >= 15 is 0 Å². The Balaban J connectivity index is 1.99. The zero-order valence-electron chi connectivity index (χ0n) is 11.1. The summed E-state index contributed by atoms with van der Waals surface area (Å²) in [6.07, 6.45) is 1.82. The molecule has 0 unspecified atom stereocenters. The molecule has 5 nitrogen and oxygen atoms in total. The van der Waals surface area contributed by atoms with Crippen molar-refractivity contribution < 1.29 is 19.4 Å². The Hall–Kier alpha value is -1.56. The fourth-order valence-electron chi connectivity index (χ4n) is 2.41. The second kappa shape index (κ2) is 6.26. The van der Waals surface area contributed by atoms with Crippen LogP contribution in [0.25, 0.3) is 0 Å². The number of carbonyl (C=O) groups is 2. The molecule has 0 aliphatic heterocycles. The van der Waals surface area contributed by atoms with Crippen LogP contribution in [0.4, 0.5) is 0 Å². The number of hydrogen-bond acceptors (Lipinski definition) is 3. The normalized spacial score (nSPS) is 21.5. The third kappa shape index (κ3) is 3.30. The van der Waals surface area contributed by atoms with Gasteiger partial charge in [-0.05, 0) is 53.4 Å². The summed E-state index contributed by atoms with van der Waals surface area (Å²) in [6, 6.07) is 5.03. The van der Waals surface area contributed by atoms with Crippen LogP contribution in [-0.2, 0) is 4.79 Å². The Morgan fingerprint density at radius 1 is 1.40 bits per heavy atom. The molecule has 1 aliphatic rings. The molecule has 0 radical (unpaired) electrons. The number of methoxy groups -OCH3 is 1. The zero-order valence-corrected chi connectivity index (χ0v) is 12.6. The number of aliphatic carboxylic acids is 1. The SMILES string of the molecule is COc1ccc(C(=O)N[C@@H]2CC[C@H](C(=O)O)C2)cc1Br. The van der Waals surface area contributed by atoms with Crippen molar-refractivity contribution in [1.82, 2.24) is 5.32 Å². The summed E-state index contributed by atoms with van der Waals surface area (Å²) in [7, 11) is 1.56. The lowest BCUT2D eigenvalue weighted by Gasteiger charge is -2.13. The van der Waals surface area contributed by atoms with E-state index in [9.17, 15) is 9.59 Å². The third-order valence-corrected chi connectivity index (χ3v) is 4.15. The molecule has 2 atom stereocenters. The highest BCUT2D eigenvalue weighted by Gasteiger charge is 2.30. The molecule has 1 amide bonds. The van der Waals surface area contributed by atoms with Crippen LogP contribution in [0.15, 0.2) is 22.7 Å². The van der Waals surface area contributed by atoms with Crippen LogP contribution >= 0.6 is 15.9 Å². The van der Waals surface area contributed by atoms with Crippen LogP contribution in [-0.4, -0.2) is 30.1 Å². The van der Waals surface area contributed by atoms with Gasteiger partial charge in [-0.1, -0.05) is 0 Å². The number of nitrogens with one attached hydrogen (secondary N) is 1. The van der Waals surface area contributed by atoms with Crippen molar-refractivity contribution in [3.63, 3.8) is 0 Å². The van der Waals surface area contributed by atoms with E-state index in [-0.39, 0.29) is 17.9 Å². The number of halogens is 1. The maximum Gasteiger partial charge on any atom is 0.306 e. The van der Waals surface area contributed by atoms with E-state index in [4.69, 9.17) is 9.84 Å². The number of ether oxygens (including phenoxy) is 1. The van der Waals surface area contributed by atoms with Crippen LogP contribution in [0, 0.1) is 5.92 Å². The van der Waals surface area contributed by atoms with Crippen molar-refractivity contribution in [2.24, 2.45) is 5.92 Å². The third-order valence-electron chi connectivity index (χ3n) is 3.53. The molecule has 0 heterocycles. The maximum absolute atomic E-state index is 12.1. The molecule has 6 heteroatoms. The molecule has 1 fully saturated rings. The quantitative estimate of drug-likeness (QED) is 0.881. The van der Waals surface area contributed by atoms with Gasteiger partial charge in [-0.3, -0.25) is 9.59 Å². The van der Waals surface area contributed by atoms with Gasteiger partial charge >= 0.3 is 5.97 Å². The molecule has 1 aliphatic carbocycles. The Kier molecular flexibility index (Phi) is 4.65. The van der Waals surface area contributed by atoms with Crippen LogP contribution in [0.2, 0.25) is 0 Å². The Bertz CT molecular complexity index is 532. The van der Waals surface area contributed by atoms with Crippen molar-refractivity contribution in [3.8, 4) is 5.75 Å². The molecule has 0 bridgehead atoms. The van der Waals surface area contributed by atoms with Gasteiger partial charge in [0.2, 0.25) is 0 Å². The molecule has 2 rings (SSSR count). The molecular weight excluding hydrogens is 326 g/mol. The Labute approximate surface area is 125 Å². The minimum atomic E-state index is -0.783. The minimum Gasteiger partial charge on any atom is -0.496 e. The van der Waals surface area contributed by atoms with Crippen molar-refractivity contribution in [2.45, 2.75) is 25.3 Å². The van der Waals surface area contributed by atoms with E-state index in [0.717, 1.165) is 0 Å². The van der Waals surface area contributed by atoms with E-state index < -0.39 is 5.97 Å². The average molecular weight is 342 g/mol. The predicted molar refractivity (Wildman–Crippen MR) is 76.9 cm³/mol. The predicted octanol–water partition coefficient (Wildman–Crippen LogP) is 2.44. The summed E-state index contributed by atoms with van der Waals surface area (Å²) in [4.78, 5) is 23.0. The zero-order chi connectivity index (χ0) is 14.7. The monoisotopic (exact) mass is 341 g/mol. The first-order valence-corrected chi connectivity index (χ1v) is 7.17. The van der Waals surface area contributed by atoms with E-state index in [1.54, 1.807) is 25.3 Å². The Morgan fingerprint density at radius 2 is 2.15 bits per heavy atom. The van der Waals surface area contributed by atoms with Gasteiger partial charge in [-0.15, -0.1) is 0 Å². The Morgan fingerprint density at radius 3 is 2.70 bits per heavy atom. The average Bonchev–Trinajstić information content (AvgIpc) is 2.87. The van der Waals surface area contributed by atoms with Gasteiger partial charge in [0.25, 0.3) is 5.91 Å². The number of carbonyl (C=O) groups excluding carboxylic acids is 1. The molecule has 0 aromatic heterocycles. The molecule has 0 saturated heterocycles. The fourth-order valence-corrected chi connectivity index (χ4v) is 2.95. The smallest absolute Gasteiger partial charge is 0.306 e. The second-order valence-electron chi connectivity index (χ2n) is 4.87. The van der Waals surface area contributed by atoms with E-state index in [2.05, 4.69) is 21.2 Å². The molecular formula is C14H16BrNO4. The summed E-state index contributed by atoms with van der Waals surface area (Å²) >= 11 is 3.33. The molecule has 1 saturated carbocycles. The van der Waals surface area contributed by atoms with Crippen molar-refractivity contribution in [3.05, 3.63) is 28.2 Å². The van der Waals surface area contributed by atoms with E-state index in [0.29, 0.717) is 35.0 Å². The van der Waals surface area contributed by atoms with Gasteiger partial charge in [0, 0.05) is 11.6 Å². The summed E-state index contributed by atoms with van der Waals surface area (Å²) in [6.45, 7) is 0. The standard InChI is InChI=1S/C14H16BrNO4/c1-20-12-5-3-8(7-11(12)15)13(17)16-10-4-2-9(6-10)14(18)19/h3,5,7,9-10H,2,4,6H2,1H3,(H,16,17)(H,18,19)/t9-,10+/m0/s1. The number of carboxylic acid groups (broad SMARTS) is 1. The molecule has 108 valence electrons. The van der Waals surface area contributed by atoms with Crippen LogP contribution < -0.4 is 10.1 Å². The minimum absolute atomic E-state index is 0.0653. The molecule has 1 aromatic carbocycles. The number of hydrogen-bond donors (Lipinski definition) is 2. The first-order chi connectivity index (χ1) is 9.51. The maximum atomic E-state index is 12.1. The topological polar surface area (TPSA) is 75.6 Å². The van der Waals surface area contributed by atoms with Gasteiger partial charge in [0.05, 0.1) is 17.5 Å². The van der Waals surface area contributed by atoms with Crippen LogP contribution in [0.1, 0.15) is 29.6 Å². The highest BCUT2D eigenvalue weighted by molar-refractivity contribution is 9.10. The van der Waals surface area contributed by atoms with Gasteiger partial charge in [-0.2, -0.15) is 0 Å². The molecule has 20 heavy (non-hydrogen) atoms. The first-order valence-electron chi connectivity index (χ1n) is 6.38. The van der Waals surface area contributed by atoms with Gasteiger partial charge in [-0.25, -0.2) is 0 Å². The van der Waals surface area contributed by atoms with E-state index in [1.807, 2.05) is 0 Å². The fraction of sp³-hybridized carbons (Fsp3) is 0.429. The molecule has 0 spiro atoms. The van der Waals surface area contributed by atoms with Gasteiger partial charge in [0.1, 0.15) is 5.75 Å². The van der Waals surface area contributed by atoms with Gasteiger partial charge < -0.3 is 15.2 Å². The first kappa shape index (κ1) is 14.8. The molecule has 2 N–H and O–H groups in total. The lowest BCUT2D eigenvalue weighted by Crippen LogP contribution is -2.33. The lowest BCUT2D eigenvalue weighted by atomic mass is 10.1. The summed E-state index contributed by atoms with van der Waals surface area (Å²) < 4.78 is 5.82. The highest BCUT2D eigenvalue weighted by atomic mass is 79.9. The van der Waals surface area contributed by atoms with Crippen LogP contribution in [0.5, 0.6) is 5.75 Å². The van der Waals surface area contributed by atoms with Crippen LogP contribution in [0.3, 0.4) is 0 Å². The summed E-state index contributed by atoms with van der Waals surface area (Å²) in [5, 5.41) is 11.8. The number of carboxylic acids is 1. The van der Waals surface area contributed by atoms with Crippen molar-refractivity contribution in [1.29, 1.82) is 0 Å². The van der Waals surface area contributed by atoms with Crippen molar-refractivity contribution >= 4 is 27.8 Å². The number of amides is 1. The summed E-state index contributed by atoms with van der Waals surface area (Å²) in [5.41, 5.74) is 0.524. The second-order valence-corrected chi connectivity index (χ2v) is 5.72. The number of benzene rings is 1. The largest absolute Gasteiger partial charge is 0.496 e. The van der Waals surface area contributed by atoms with Crippen molar-refractivity contribution in [2.75, 3.05) is 7.11 Å². The van der Waals surface area contributed by atoms with E-state index in [1.165, 1.54) is 0 Å². The summed E-state index contributed by atoms with van der Waals surface area (Å²) in [5.74, 6) is -0.658. The highest BCUT2D eigenvalue weighted by Crippen LogP contribution is 2.27.